The number of hydrogen-bond acceptors (Lipinski definition) is 6. The second-order valence-corrected chi connectivity index (χ2v) is 5.95. The number of nitrogens with two attached hydrogens (primary N) is 1. The van der Waals surface area contributed by atoms with Gasteiger partial charge in [0.1, 0.15) is 5.82 Å². The number of rotatable bonds is 4. The lowest BCUT2D eigenvalue weighted by molar-refractivity contribution is -0.121. The number of carbonyl (C=O) groups excluding carboxylic acids is 2. The molecule has 0 bridgehead atoms. The molecule has 2 heterocycles. The summed E-state index contributed by atoms with van der Waals surface area (Å²) < 4.78 is 18.3. The Morgan fingerprint density at radius 1 is 1.36 bits per heavy atom. The first-order chi connectivity index (χ1) is 12.0. The lowest BCUT2D eigenvalue weighted by Gasteiger charge is -2.30. The average molecular weight is 347 g/mol. The minimum absolute atomic E-state index is 0.00294. The molecule has 0 radical (unpaired) electrons. The summed E-state index contributed by atoms with van der Waals surface area (Å²) >= 11 is 0. The zero-order valence-corrected chi connectivity index (χ0v) is 13.4. The van der Waals surface area contributed by atoms with Crippen molar-refractivity contribution in [2.45, 2.75) is 18.8 Å². The highest BCUT2D eigenvalue weighted by Gasteiger charge is 2.27. The molecule has 1 aliphatic heterocycles. The first kappa shape index (κ1) is 17.0. The Balaban J connectivity index is 1.64. The monoisotopic (exact) mass is 347 g/mol. The molecule has 3 N–H and O–H groups in total. The lowest BCUT2D eigenvalue weighted by atomic mass is 9.98. The molecule has 9 heteroatoms. The van der Waals surface area contributed by atoms with Gasteiger partial charge in [0.25, 0.3) is 0 Å². The van der Waals surface area contributed by atoms with Gasteiger partial charge in [-0.25, -0.2) is 9.18 Å². The van der Waals surface area contributed by atoms with Crippen molar-refractivity contribution in [1.29, 1.82) is 0 Å². The van der Waals surface area contributed by atoms with Crippen LogP contribution in [0.5, 0.6) is 0 Å². The third-order valence-corrected chi connectivity index (χ3v) is 4.03. The van der Waals surface area contributed by atoms with Crippen molar-refractivity contribution in [3.63, 3.8) is 0 Å². The molecule has 0 aliphatic carbocycles. The Kier molecular flexibility index (Phi) is 5.03. The number of nitrogens with one attached hydrogen (secondary N) is 1. The molecule has 3 amide bonds. The van der Waals surface area contributed by atoms with Crippen molar-refractivity contribution in [1.82, 2.24) is 20.4 Å². The van der Waals surface area contributed by atoms with Gasteiger partial charge in [-0.05, 0) is 43.7 Å². The Hall–Kier alpha value is -2.81. The summed E-state index contributed by atoms with van der Waals surface area (Å²) in [4.78, 5) is 28.7. The number of aromatic nitrogens is 2. The maximum absolute atomic E-state index is 13.0. The summed E-state index contributed by atoms with van der Waals surface area (Å²) in [5, 5.41) is 6.00. The maximum atomic E-state index is 13.0. The number of urea groups is 1. The second kappa shape index (κ2) is 7.39. The molecule has 1 aromatic heterocycles. The normalized spacial score (nSPS) is 18.0. The molecule has 0 unspecified atom stereocenters. The molecule has 0 saturated carbocycles. The first-order valence-electron chi connectivity index (χ1n) is 7.92. The van der Waals surface area contributed by atoms with E-state index >= 15 is 0 Å². The van der Waals surface area contributed by atoms with E-state index in [1.54, 1.807) is 12.1 Å². The number of benzene rings is 1. The van der Waals surface area contributed by atoms with Crippen LogP contribution in [0.3, 0.4) is 0 Å². The standard InChI is InChI=1S/C16H18FN5O3/c17-12-5-3-10(4-6-12)14-20-15(25-21-14)11-2-1-7-22(8-11)9-13(23)19-16(18)24/h3-6,11H,1-2,7-9H2,(H3,18,19,23,24)/t11-/m0/s1. The summed E-state index contributed by atoms with van der Waals surface area (Å²) in [6, 6.07) is 4.99. The van der Waals surface area contributed by atoms with Crippen LogP contribution in [0, 0.1) is 5.82 Å². The summed E-state index contributed by atoms with van der Waals surface area (Å²) in [7, 11) is 0. The predicted molar refractivity (Wildman–Crippen MR) is 85.8 cm³/mol. The van der Waals surface area contributed by atoms with Gasteiger partial charge in [0.05, 0.1) is 12.5 Å². The Bertz CT molecular complexity index is 761. The minimum Gasteiger partial charge on any atom is -0.351 e. The molecule has 1 aliphatic rings. The van der Waals surface area contributed by atoms with Gasteiger partial charge < -0.3 is 10.3 Å². The van der Waals surface area contributed by atoms with E-state index in [-0.39, 0.29) is 18.3 Å². The number of primary amides is 1. The van der Waals surface area contributed by atoms with Crippen molar-refractivity contribution in [3.8, 4) is 11.4 Å². The lowest BCUT2D eigenvalue weighted by Crippen LogP contribution is -2.45. The number of imide groups is 1. The number of halogens is 1. The molecule has 132 valence electrons. The average Bonchev–Trinajstić information content (AvgIpc) is 3.05. The number of carbonyl (C=O) groups is 2. The Labute approximate surface area is 143 Å². The summed E-state index contributed by atoms with van der Waals surface area (Å²) in [6.45, 7) is 1.39. The van der Waals surface area contributed by atoms with E-state index < -0.39 is 11.9 Å². The molecule has 1 aromatic carbocycles. The van der Waals surface area contributed by atoms with E-state index in [9.17, 15) is 14.0 Å². The van der Waals surface area contributed by atoms with Crippen molar-refractivity contribution in [2.24, 2.45) is 5.73 Å². The number of nitrogens with zero attached hydrogens (tertiary/aromatic N) is 3. The van der Waals surface area contributed by atoms with Crippen LogP contribution < -0.4 is 11.1 Å². The van der Waals surface area contributed by atoms with Crippen molar-refractivity contribution < 1.29 is 18.5 Å². The third kappa shape index (κ3) is 4.38. The fourth-order valence-corrected chi connectivity index (χ4v) is 2.90. The van der Waals surface area contributed by atoms with Crippen LogP contribution in [0.15, 0.2) is 28.8 Å². The van der Waals surface area contributed by atoms with E-state index in [4.69, 9.17) is 10.3 Å². The fourth-order valence-electron chi connectivity index (χ4n) is 2.90. The van der Waals surface area contributed by atoms with Gasteiger partial charge in [-0.1, -0.05) is 5.16 Å². The molecule has 1 fully saturated rings. The summed E-state index contributed by atoms with van der Waals surface area (Å²) in [5.41, 5.74) is 5.61. The number of likely N-dealkylation sites (tertiary alicyclic amines) is 1. The van der Waals surface area contributed by atoms with Crippen LogP contribution in [-0.2, 0) is 4.79 Å². The van der Waals surface area contributed by atoms with Gasteiger partial charge in [0.2, 0.25) is 17.6 Å². The highest BCUT2D eigenvalue weighted by molar-refractivity contribution is 5.94. The quantitative estimate of drug-likeness (QED) is 0.860. The van der Waals surface area contributed by atoms with Crippen molar-refractivity contribution in [3.05, 3.63) is 36.0 Å². The van der Waals surface area contributed by atoms with Crippen LogP contribution in [0.2, 0.25) is 0 Å². The van der Waals surface area contributed by atoms with Crippen molar-refractivity contribution >= 4 is 11.9 Å². The van der Waals surface area contributed by atoms with Crippen LogP contribution in [0.25, 0.3) is 11.4 Å². The van der Waals surface area contributed by atoms with E-state index in [1.807, 2.05) is 4.90 Å². The molecule has 8 nitrogen and oxygen atoms in total. The fraction of sp³-hybridized carbons (Fsp3) is 0.375. The largest absolute Gasteiger partial charge is 0.351 e. The van der Waals surface area contributed by atoms with Gasteiger partial charge in [-0.2, -0.15) is 4.98 Å². The van der Waals surface area contributed by atoms with E-state index in [0.29, 0.717) is 23.8 Å². The number of piperidine rings is 1. The highest BCUT2D eigenvalue weighted by atomic mass is 19.1. The third-order valence-electron chi connectivity index (χ3n) is 4.03. The van der Waals surface area contributed by atoms with Gasteiger partial charge in [0.15, 0.2) is 0 Å². The zero-order valence-electron chi connectivity index (χ0n) is 13.4. The molecule has 3 rings (SSSR count). The SMILES string of the molecule is NC(=O)NC(=O)CN1CCC[C@H](c2nc(-c3ccc(F)cc3)no2)C1. The molecule has 0 spiro atoms. The molecule has 2 aromatic rings. The Morgan fingerprint density at radius 3 is 2.84 bits per heavy atom. The number of hydrogen-bond donors (Lipinski definition) is 2. The van der Waals surface area contributed by atoms with E-state index in [1.165, 1.54) is 12.1 Å². The highest BCUT2D eigenvalue weighted by Crippen LogP contribution is 2.27. The molecular weight excluding hydrogens is 329 g/mol. The summed E-state index contributed by atoms with van der Waals surface area (Å²) in [6.07, 6.45) is 1.72. The minimum atomic E-state index is -0.862. The Morgan fingerprint density at radius 2 is 2.12 bits per heavy atom. The van der Waals surface area contributed by atoms with Gasteiger partial charge in [-0.15, -0.1) is 0 Å². The molecular formula is C16H18FN5O3. The predicted octanol–water partition coefficient (Wildman–Crippen LogP) is 1.25. The topological polar surface area (TPSA) is 114 Å². The van der Waals surface area contributed by atoms with Gasteiger partial charge in [0, 0.05) is 12.1 Å². The molecule has 1 atom stereocenters. The van der Waals surface area contributed by atoms with Crippen LogP contribution in [0.1, 0.15) is 24.7 Å². The van der Waals surface area contributed by atoms with Crippen LogP contribution in [-0.4, -0.2) is 46.6 Å². The number of amides is 3. The second-order valence-electron chi connectivity index (χ2n) is 5.95. The molecule has 1 saturated heterocycles. The van der Waals surface area contributed by atoms with Crippen molar-refractivity contribution in [2.75, 3.05) is 19.6 Å². The van der Waals surface area contributed by atoms with Gasteiger partial charge >= 0.3 is 6.03 Å². The van der Waals surface area contributed by atoms with Crippen LogP contribution in [0.4, 0.5) is 9.18 Å². The summed E-state index contributed by atoms with van der Waals surface area (Å²) in [5.74, 6) is 0.116. The first-order valence-corrected chi connectivity index (χ1v) is 7.92. The van der Waals surface area contributed by atoms with Gasteiger partial charge in [-0.3, -0.25) is 15.0 Å². The smallest absolute Gasteiger partial charge is 0.318 e. The van der Waals surface area contributed by atoms with Crippen LogP contribution >= 0.6 is 0 Å². The maximum Gasteiger partial charge on any atom is 0.318 e. The molecule has 25 heavy (non-hydrogen) atoms. The van der Waals surface area contributed by atoms with E-state index in [2.05, 4.69) is 15.5 Å². The zero-order chi connectivity index (χ0) is 17.8. The van der Waals surface area contributed by atoms with E-state index in [0.717, 1.165) is 19.4 Å².